The molecular weight excluding hydrogens is 412 g/mol. The van der Waals surface area contributed by atoms with Gasteiger partial charge >= 0.3 is 5.97 Å². The summed E-state index contributed by atoms with van der Waals surface area (Å²) in [5.74, 6) is 3.80. The molecule has 4 saturated carbocycles. The van der Waals surface area contributed by atoms with Crippen LogP contribution in [0.3, 0.4) is 0 Å². The van der Waals surface area contributed by atoms with Gasteiger partial charge in [-0.05, 0) is 104 Å². The zero-order valence-corrected chi connectivity index (χ0v) is 21.5. The largest absolute Gasteiger partial charge is 0.462 e. The van der Waals surface area contributed by atoms with E-state index in [4.69, 9.17) is 4.74 Å². The molecule has 0 amide bonds. The van der Waals surface area contributed by atoms with Gasteiger partial charge in [-0.15, -0.1) is 0 Å². The molecule has 5 aliphatic rings. The van der Waals surface area contributed by atoms with E-state index in [1.54, 1.807) is 0 Å². The Labute approximate surface area is 200 Å². The molecule has 11 atom stereocenters. The Bertz CT molecular complexity index is 790. The number of hydrogen-bond acceptors (Lipinski definition) is 4. The summed E-state index contributed by atoms with van der Waals surface area (Å²) in [6.07, 6.45) is 9.66. The predicted molar refractivity (Wildman–Crippen MR) is 128 cm³/mol. The van der Waals surface area contributed by atoms with Crippen LogP contribution < -0.4 is 0 Å². The molecule has 1 N–H and O–H groups in total. The highest BCUT2D eigenvalue weighted by molar-refractivity contribution is 5.85. The molecule has 5 fully saturated rings. The number of ketones is 1. The summed E-state index contributed by atoms with van der Waals surface area (Å²) < 4.78 is 5.93. The van der Waals surface area contributed by atoms with E-state index < -0.39 is 0 Å². The normalized spacial score (nSPS) is 50.9. The molecule has 4 nitrogen and oxygen atoms in total. The third kappa shape index (κ3) is 3.72. The van der Waals surface area contributed by atoms with Crippen molar-refractivity contribution in [1.82, 2.24) is 0 Å². The van der Waals surface area contributed by atoms with Crippen LogP contribution in [0.4, 0.5) is 0 Å². The lowest BCUT2D eigenvalue weighted by molar-refractivity contribution is -0.167. The summed E-state index contributed by atoms with van der Waals surface area (Å²) in [6, 6.07) is 0. The van der Waals surface area contributed by atoms with Gasteiger partial charge in [-0.3, -0.25) is 9.59 Å². The van der Waals surface area contributed by atoms with Crippen LogP contribution in [0.5, 0.6) is 0 Å². The summed E-state index contributed by atoms with van der Waals surface area (Å²) in [5, 5.41) is 10.3. The minimum absolute atomic E-state index is 0.0340. The number of fused-ring (bicyclic) bond motifs is 5. The monoisotopic (exact) mass is 458 g/mol. The minimum Gasteiger partial charge on any atom is -0.462 e. The predicted octanol–water partition coefficient (Wildman–Crippen LogP) is 5.80. The standard InChI is InChI=1S/C29H46O4/c1-16(2)18-12-25(33-26(32)13-18)17(3)23-15-24(31)27-21-7-6-19-14-20(30)8-10-28(19,4)22(21)9-11-29(23,27)5/h16-23,25,27,30H,6-15H2,1-5H3/t17-,18+,19?,20-,21?,22?,23?,25?,27?,28-,29+/m0/s1. The van der Waals surface area contributed by atoms with Gasteiger partial charge in [-0.25, -0.2) is 0 Å². The molecule has 0 spiro atoms. The van der Waals surface area contributed by atoms with Gasteiger partial charge in [0.25, 0.3) is 0 Å². The van der Waals surface area contributed by atoms with Crippen molar-refractivity contribution >= 4 is 11.8 Å². The van der Waals surface area contributed by atoms with Crippen molar-refractivity contribution in [1.29, 1.82) is 0 Å². The van der Waals surface area contributed by atoms with Crippen LogP contribution in [0.25, 0.3) is 0 Å². The van der Waals surface area contributed by atoms with E-state index in [9.17, 15) is 14.7 Å². The molecule has 1 heterocycles. The first-order valence-electron chi connectivity index (χ1n) is 13.9. The van der Waals surface area contributed by atoms with Gasteiger partial charge in [0.1, 0.15) is 11.9 Å². The average Bonchev–Trinajstić information content (AvgIpc) is 3.04. The first-order chi connectivity index (χ1) is 15.5. The number of carbonyl (C=O) groups is 2. The highest BCUT2D eigenvalue weighted by atomic mass is 16.5. The second kappa shape index (κ2) is 8.35. The van der Waals surface area contributed by atoms with Crippen LogP contribution in [0.1, 0.15) is 98.8 Å². The van der Waals surface area contributed by atoms with Crippen LogP contribution in [-0.2, 0) is 14.3 Å². The van der Waals surface area contributed by atoms with Gasteiger partial charge in [0.15, 0.2) is 0 Å². The molecule has 4 aliphatic carbocycles. The fraction of sp³-hybridized carbons (Fsp3) is 0.931. The second-order valence-electron chi connectivity index (χ2n) is 13.6. The molecule has 0 bridgehead atoms. The number of ether oxygens (including phenoxy) is 1. The average molecular weight is 459 g/mol. The van der Waals surface area contributed by atoms with Crippen molar-refractivity contribution in [3.63, 3.8) is 0 Å². The van der Waals surface area contributed by atoms with Gasteiger partial charge in [0.05, 0.1) is 6.10 Å². The Kier molecular flexibility index (Phi) is 6.03. The Hall–Kier alpha value is -0.900. The summed E-state index contributed by atoms with van der Waals surface area (Å²) in [7, 11) is 0. The van der Waals surface area contributed by atoms with Gasteiger partial charge in [0.2, 0.25) is 0 Å². The van der Waals surface area contributed by atoms with E-state index in [0.717, 1.165) is 38.5 Å². The lowest BCUT2D eigenvalue weighted by atomic mass is 9.44. The van der Waals surface area contributed by atoms with E-state index >= 15 is 0 Å². The fourth-order valence-corrected chi connectivity index (χ4v) is 9.81. The minimum atomic E-state index is -0.125. The van der Waals surface area contributed by atoms with Gasteiger partial charge < -0.3 is 9.84 Å². The van der Waals surface area contributed by atoms with Crippen molar-refractivity contribution in [3.05, 3.63) is 0 Å². The molecule has 4 heteroatoms. The molecule has 1 aliphatic heterocycles. The summed E-state index contributed by atoms with van der Waals surface area (Å²) in [5.41, 5.74) is 0.322. The van der Waals surface area contributed by atoms with E-state index in [0.29, 0.717) is 54.1 Å². The summed E-state index contributed by atoms with van der Waals surface area (Å²) in [4.78, 5) is 26.1. The Morgan fingerprint density at radius 1 is 0.939 bits per heavy atom. The highest BCUT2D eigenvalue weighted by Crippen LogP contribution is 2.67. The summed E-state index contributed by atoms with van der Waals surface area (Å²) in [6.45, 7) is 11.6. The lowest BCUT2D eigenvalue weighted by Gasteiger charge is -2.60. The number of hydrogen-bond donors (Lipinski definition) is 1. The van der Waals surface area contributed by atoms with Crippen LogP contribution in [-0.4, -0.2) is 29.1 Å². The molecule has 1 saturated heterocycles. The number of carbonyl (C=O) groups excluding carboxylic acids is 2. The van der Waals surface area contributed by atoms with Crippen molar-refractivity contribution in [2.24, 2.45) is 58.2 Å². The first kappa shape index (κ1) is 23.8. The Balaban J connectivity index is 1.38. The molecule has 33 heavy (non-hydrogen) atoms. The first-order valence-corrected chi connectivity index (χ1v) is 13.9. The molecule has 186 valence electrons. The van der Waals surface area contributed by atoms with E-state index in [1.807, 2.05) is 0 Å². The quantitative estimate of drug-likeness (QED) is 0.543. The van der Waals surface area contributed by atoms with E-state index in [1.165, 1.54) is 12.8 Å². The molecule has 5 rings (SSSR count). The number of cyclic esters (lactones) is 1. The Morgan fingerprint density at radius 2 is 1.67 bits per heavy atom. The maximum atomic E-state index is 13.7. The Morgan fingerprint density at radius 3 is 2.39 bits per heavy atom. The maximum Gasteiger partial charge on any atom is 0.306 e. The molecule has 0 aromatic rings. The van der Waals surface area contributed by atoms with Crippen molar-refractivity contribution in [2.45, 2.75) is 111 Å². The number of esters is 1. The van der Waals surface area contributed by atoms with Gasteiger partial charge in [0, 0.05) is 18.8 Å². The molecule has 6 unspecified atom stereocenters. The summed E-state index contributed by atoms with van der Waals surface area (Å²) >= 11 is 0. The molecular formula is C29H46O4. The third-order valence-electron chi connectivity index (χ3n) is 11.9. The van der Waals surface area contributed by atoms with Crippen molar-refractivity contribution < 1.29 is 19.4 Å². The topological polar surface area (TPSA) is 63.6 Å². The molecule has 0 aromatic carbocycles. The van der Waals surface area contributed by atoms with Gasteiger partial charge in [-0.1, -0.05) is 34.6 Å². The van der Waals surface area contributed by atoms with Crippen LogP contribution >= 0.6 is 0 Å². The zero-order valence-electron chi connectivity index (χ0n) is 21.5. The smallest absolute Gasteiger partial charge is 0.306 e. The molecule has 0 aromatic heterocycles. The van der Waals surface area contributed by atoms with E-state index in [-0.39, 0.29) is 40.8 Å². The maximum absolute atomic E-state index is 13.7. The fourth-order valence-electron chi connectivity index (χ4n) is 9.81. The zero-order chi connectivity index (χ0) is 23.7. The van der Waals surface area contributed by atoms with E-state index in [2.05, 4.69) is 34.6 Å². The number of aliphatic hydroxyl groups is 1. The van der Waals surface area contributed by atoms with Crippen molar-refractivity contribution in [3.8, 4) is 0 Å². The lowest BCUT2D eigenvalue weighted by Crippen LogP contribution is -2.55. The van der Waals surface area contributed by atoms with Crippen molar-refractivity contribution in [2.75, 3.05) is 0 Å². The van der Waals surface area contributed by atoms with Crippen LogP contribution in [0.2, 0.25) is 0 Å². The van der Waals surface area contributed by atoms with Gasteiger partial charge in [-0.2, -0.15) is 0 Å². The second-order valence-corrected chi connectivity index (χ2v) is 13.6. The third-order valence-corrected chi connectivity index (χ3v) is 11.9. The van der Waals surface area contributed by atoms with Crippen LogP contribution in [0, 0.1) is 58.2 Å². The highest BCUT2D eigenvalue weighted by Gasteiger charge is 2.64. The number of rotatable bonds is 3. The van der Waals surface area contributed by atoms with Crippen LogP contribution in [0.15, 0.2) is 0 Å². The number of Topliss-reactive ketones (excluding diaryl/α,β-unsaturated/α-hetero) is 1. The SMILES string of the molecule is CC(C)[C@H]1CC(=O)OC([C@@H](C)C2CC(=O)C3C4CCC5C[C@@H](O)CC[C@]5(C)C4CC[C@@]32C)C1. The number of aliphatic hydroxyl groups excluding tert-OH is 1. The molecule has 0 radical (unpaired) electrons.